The molecule has 0 fully saturated rings. The van der Waals surface area contributed by atoms with Crippen LogP contribution < -0.4 is 5.32 Å². The third-order valence-electron chi connectivity index (χ3n) is 4.80. The minimum Gasteiger partial charge on any atom is -0.332 e. The molecule has 0 saturated carbocycles. The van der Waals surface area contributed by atoms with Crippen molar-refractivity contribution in [1.29, 1.82) is 0 Å². The molecular weight excluding hydrogens is 409 g/mol. The molecule has 30 heavy (non-hydrogen) atoms. The van der Waals surface area contributed by atoms with E-state index in [9.17, 15) is 13.2 Å². The number of alkyl halides is 3. The minimum absolute atomic E-state index is 0.350. The Morgan fingerprint density at radius 2 is 1.80 bits per heavy atom. The van der Waals surface area contributed by atoms with E-state index in [1.54, 1.807) is 36.1 Å². The van der Waals surface area contributed by atoms with Crippen molar-refractivity contribution in [2.24, 2.45) is 0 Å². The van der Waals surface area contributed by atoms with Crippen molar-refractivity contribution in [2.45, 2.75) is 58.0 Å². The minimum atomic E-state index is -4.39. The highest BCUT2D eigenvalue weighted by atomic mass is 32.1. The van der Waals surface area contributed by atoms with Crippen molar-refractivity contribution in [2.75, 3.05) is 5.32 Å². The van der Waals surface area contributed by atoms with E-state index in [4.69, 9.17) is 0 Å². The van der Waals surface area contributed by atoms with Gasteiger partial charge in [0.25, 0.3) is 0 Å². The molecule has 160 valence electrons. The quantitative estimate of drug-likeness (QED) is 0.341. The van der Waals surface area contributed by atoms with Crippen molar-refractivity contribution in [3.05, 3.63) is 53.3 Å². The topological polar surface area (TPSA) is 50.7 Å². The van der Waals surface area contributed by atoms with Gasteiger partial charge in [0.05, 0.1) is 11.8 Å². The van der Waals surface area contributed by atoms with Gasteiger partial charge in [0.15, 0.2) is 5.13 Å². The molecule has 2 heterocycles. The number of aryl methyl sites for hydroxylation is 1. The second kappa shape index (κ2) is 10.5. The summed E-state index contributed by atoms with van der Waals surface area (Å²) in [5, 5.41) is 5.29. The van der Waals surface area contributed by atoms with Gasteiger partial charge in [-0.05, 0) is 30.5 Å². The van der Waals surface area contributed by atoms with Crippen LogP contribution in [0.2, 0.25) is 0 Å². The van der Waals surface area contributed by atoms with Crippen LogP contribution in [0.15, 0.2) is 42.2 Å². The number of aromatic nitrogens is 3. The lowest BCUT2D eigenvalue weighted by Crippen LogP contribution is -2.10. The predicted molar refractivity (Wildman–Crippen MR) is 115 cm³/mol. The van der Waals surface area contributed by atoms with Crippen LogP contribution in [0.25, 0.3) is 11.4 Å². The lowest BCUT2D eigenvalue weighted by Gasteiger charge is -2.15. The number of halogens is 3. The predicted octanol–water partition coefficient (Wildman–Crippen LogP) is 7.27. The molecule has 3 aromatic rings. The lowest BCUT2D eigenvalue weighted by atomic mass is 9.99. The van der Waals surface area contributed by atoms with Gasteiger partial charge in [0, 0.05) is 23.5 Å². The molecule has 0 aliphatic carbocycles. The number of thiazole rings is 1. The summed E-state index contributed by atoms with van der Waals surface area (Å²) in [6.45, 7) is 2.15. The standard InChI is InChI=1S/C22H25F3N4S/c1-2-3-4-5-6-7-8-16-9-10-17(13-18(16)22(23,24)25)28-21-29-20(15-30-21)19-14-26-11-12-27-19/h9-15H,2-8H2,1H3,(H,28,29). The maximum Gasteiger partial charge on any atom is 0.416 e. The van der Waals surface area contributed by atoms with E-state index in [0.29, 0.717) is 34.2 Å². The first-order chi connectivity index (χ1) is 14.5. The molecular formula is C22H25F3N4S. The Balaban J connectivity index is 1.68. The van der Waals surface area contributed by atoms with Crippen molar-refractivity contribution in [3.63, 3.8) is 0 Å². The average molecular weight is 435 g/mol. The monoisotopic (exact) mass is 434 g/mol. The molecule has 0 amide bonds. The van der Waals surface area contributed by atoms with E-state index in [1.165, 1.54) is 23.8 Å². The molecule has 0 saturated heterocycles. The van der Waals surface area contributed by atoms with Gasteiger partial charge in [-0.2, -0.15) is 13.2 Å². The summed E-state index contributed by atoms with van der Waals surface area (Å²) in [7, 11) is 0. The summed E-state index contributed by atoms with van der Waals surface area (Å²) < 4.78 is 40.8. The maximum absolute atomic E-state index is 13.6. The molecule has 1 N–H and O–H groups in total. The molecule has 1 aromatic carbocycles. The fourth-order valence-electron chi connectivity index (χ4n) is 3.24. The first-order valence-electron chi connectivity index (χ1n) is 10.2. The first-order valence-corrected chi connectivity index (χ1v) is 11.0. The maximum atomic E-state index is 13.6. The Hall–Kier alpha value is -2.48. The SMILES string of the molecule is CCCCCCCCc1ccc(Nc2nc(-c3cnccn3)cs2)cc1C(F)(F)F. The molecule has 0 radical (unpaired) electrons. The highest BCUT2D eigenvalue weighted by Gasteiger charge is 2.33. The van der Waals surface area contributed by atoms with Crippen LogP contribution in [0, 0.1) is 0 Å². The van der Waals surface area contributed by atoms with E-state index in [1.807, 2.05) is 0 Å². The third kappa shape index (κ3) is 6.26. The molecule has 0 aliphatic rings. The van der Waals surface area contributed by atoms with E-state index < -0.39 is 11.7 Å². The molecule has 3 rings (SSSR count). The van der Waals surface area contributed by atoms with Crippen LogP contribution in [0.1, 0.15) is 56.6 Å². The molecule has 8 heteroatoms. The van der Waals surface area contributed by atoms with Crippen LogP contribution in [0.3, 0.4) is 0 Å². The molecule has 4 nitrogen and oxygen atoms in total. The lowest BCUT2D eigenvalue weighted by molar-refractivity contribution is -0.138. The molecule has 0 unspecified atom stereocenters. The number of unbranched alkanes of at least 4 members (excludes halogenated alkanes) is 5. The highest BCUT2D eigenvalue weighted by Crippen LogP contribution is 2.36. The van der Waals surface area contributed by atoms with Gasteiger partial charge in [-0.15, -0.1) is 11.3 Å². The summed E-state index contributed by atoms with van der Waals surface area (Å²) in [6.07, 6.45) is 7.09. The summed E-state index contributed by atoms with van der Waals surface area (Å²) in [6, 6.07) is 4.44. The van der Waals surface area contributed by atoms with E-state index >= 15 is 0 Å². The summed E-state index contributed by atoms with van der Waals surface area (Å²) in [5.41, 5.74) is 1.39. The van der Waals surface area contributed by atoms with Crippen molar-refractivity contribution >= 4 is 22.2 Å². The normalized spacial score (nSPS) is 11.6. The van der Waals surface area contributed by atoms with Gasteiger partial charge < -0.3 is 5.32 Å². The Kier molecular flexibility index (Phi) is 7.79. The zero-order valence-electron chi connectivity index (χ0n) is 16.9. The Bertz CT molecular complexity index is 926. The molecule has 0 atom stereocenters. The number of nitrogens with one attached hydrogen (secondary N) is 1. The van der Waals surface area contributed by atoms with Crippen LogP contribution in [-0.2, 0) is 12.6 Å². The zero-order chi connectivity index (χ0) is 21.4. The van der Waals surface area contributed by atoms with Gasteiger partial charge in [-0.1, -0.05) is 45.1 Å². The number of nitrogens with zero attached hydrogens (tertiary/aromatic N) is 3. The van der Waals surface area contributed by atoms with Crippen LogP contribution in [-0.4, -0.2) is 15.0 Å². The van der Waals surface area contributed by atoms with Crippen LogP contribution >= 0.6 is 11.3 Å². The van der Waals surface area contributed by atoms with E-state index in [0.717, 1.165) is 32.1 Å². The highest BCUT2D eigenvalue weighted by molar-refractivity contribution is 7.14. The van der Waals surface area contributed by atoms with E-state index in [2.05, 4.69) is 27.2 Å². The average Bonchev–Trinajstić information content (AvgIpc) is 3.20. The molecule has 0 spiro atoms. The van der Waals surface area contributed by atoms with E-state index in [-0.39, 0.29) is 0 Å². The second-order valence-electron chi connectivity index (χ2n) is 7.14. The number of hydrogen-bond donors (Lipinski definition) is 1. The third-order valence-corrected chi connectivity index (χ3v) is 5.55. The van der Waals surface area contributed by atoms with Gasteiger partial charge in [0.1, 0.15) is 11.4 Å². The van der Waals surface area contributed by atoms with Gasteiger partial charge >= 0.3 is 6.18 Å². The fraction of sp³-hybridized carbons (Fsp3) is 0.409. The molecule has 0 aliphatic heterocycles. The fourth-order valence-corrected chi connectivity index (χ4v) is 3.96. The molecule has 0 bridgehead atoms. The summed E-state index contributed by atoms with van der Waals surface area (Å²) >= 11 is 1.31. The van der Waals surface area contributed by atoms with Crippen molar-refractivity contribution in [1.82, 2.24) is 15.0 Å². The number of rotatable bonds is 10. The molecule has 2 aromatic heterocycles. The number of anilines is 2. The Morgan fingerprint density at radius 3 is 2.53 bits per heavy atom. The number of benzene rings is 1. The summed E-state index contributed by atoms with van der Waals surface area (Å²) in [5.74, 6) is 0. The van der Waals surface area contributed by atoms with Gasteiger partial charge in [-0.3, -0.25) is 9.97 Å². The van der Waals surface area contributed by atoms with Crippen molar-refractivity contribution < 1.29 is 13.2 Å². The number of hydrogen-bond acceptors (Lipinski definition) is 5. The second-order valence-corrected chi connectivity index (χ2v) is 8.00. The largest absolute Gasteiger partial charge is 0.416 e. The van der Waals surface area contributed by atoms with Gasteiger partial charge in [-0.25, -0.2) is 4.98 Å². The van der Waals surface area contributed by atoms with Crippen molar-refractivity contribution in [3.8, 4) is 11.4 Å². The zero-order valence-corrected chi connectivity index (χ0v) is 17.7. The Morgan fingerprint density at radius 1 is 1.00 bits per heavy atom. The van der Waals surface area contributed by atoms with Gasteiger partial charge in [0.2, 0.25) is 0 Å². The first kappa shape index (κ1) is 22.2. The summed E-state index contributed by atoms with van der Waals surface area (Å²) in [4.78, 5) is 12.6. The van der Waals surface area contributed by atoms with Crippen LogP contribution in [0.4, 0.5) is 24.0 Å². The Labute approximate surface area is 178 Å². The smallest absolute Gasteiger partial charge is 0.332 e. The van der Waals surface area contributed by atoms with Crippen LogP contribution in [0.5, 0.6) is 0 Å².